The SMILES string of the molecule is Cl.O=C(c1ccc(CN2C(=O)CCC2=O)cc1)N1CCNCC1. The molecule has 0 bridgehead atoms. The highest BCUT2D eigenvalue weighted by Gasteiger charge is 2.28. The van der Waals surface area contributed by atoms with E-state index in [0.29, 0.717) is 24.9 Å². The number of benzene rings is 1. The highest BCUT2D eigenvalue weighted by atomic mass is 35.5. The van der Waals surface area contributed by atoms with Crippen LogP contribution in [0.15, 0.2) is 24.3 Å². The van der Waals surface area contributed by atoms with Crippen LogP contribution in [0.5, 0.6) is 0 Å². The van der Waals surface area contributed by atoms with Crippen molar-refractivity contribution < 1.29 is 14.4 Å². The molecule has 124 valence electrons. The fourth-order valence-corrected chi connectivity index (χ4v) is 2.79. The Morgan fingerprint density at radius 1 is 1.00 bits per heavy atom. The predicted molar refractivity (Wildman–Crippen MR) is 87.3 cm³/mol. The molecule has 7 heteroatoms. The van der Waals surface area contributed by atoms with Gasteiger partial charge in [-0.25, -0.2) is 0 Å². The number of nitrogens with zero attached hydrogens (tertiary/aromatic N) is 2. The molecule has 3 rings (SSSR count). The van der Waals surface area contributed by atoms with Crippen LogP contribution in [0.4, 0.5) is 0 Å². The van der Waals surface area contributed by atoms with E-state index in [4.69, 9.17) is 0 Å². The first kappa shape index (κ1) is 17.4. The molecule has 0 radical (unpaired) electrons. The molecule has 0 unspecified atom stereocenters. The zero-order chi connectivity index (χ0) is 15.5. The minimum absolute atomic E-state index is 0. The van der Waals surface area contributed by atoms with Gasteiger partial charge in [-0.15, -0.1) is 12.4 Å². The van der Waals surface area contributed by atoms with Gasteiger partial charge in [0, 0.05) is 44.6 Å². The second-order valence-electron chi connectivity index (χ2n) is 5.61. The lowest BCUT2D eigenvalue weighted by molar-refractivity contribution is -0.139. The topological polar surface area (TPSA) is 69.7 Å². The van der Waals surface area contributed by atoms with Crippen molar-refractivity contribution >= 4 is 30.1 Å². The molecule has 3 amide bonds. The van der Waals surface area contributed by atoms with E-state index in [-0.39, 0.29) is 30.1 Å². The fourth-order valence-electron chi connectivity index (χ4n) is 2.79. The third-order valence-corrected chi connectivity index (χ3v) is 4.10. The third-order valence-electron chi connectivity index (χ3n) is 4.10. The van der Waals surface area contributed by atoms with Gasteiger partial charge in [0.2, 0.25) is 11.8 Å². The van der Waals surface area contributed by atoms with Crippen molar-refractivity contribution in [2.24, 2.45) is 0 Å². The Hall–Kier alpha value is -1.92. The Morgan fingerprint density at radius 2 is 1.57 bits per heavy atom. The molecular formula is C16H20ClN3O3. The average molecular weight is 338 g/mol. The van der Waals surface area contributed by atoms with E-state index in [1.165, 1.54) is 4.90 Å². The van der Waals surface area contributed by atoms with Crippen molar-refractivity contribution in [2.45, 2.75) is 19.4 Å². The largest absolute Gasteiger partial charge is 0.336 e. The van der Waals surface area contributed by atoms with Gasteiger partial charge in [0.25, 0.3) is 5.91 Å². The molecule has 1 N–H and O–H groups in total. The van der Waals surface area contributed by atoms with Gasteiger partial charge in [-0.1, -0.05) is 12.1 Å². The molecule has 1 aromatic carbocycles. The Labute approximate surface area is 141 Å². The Morgan fingerprint density at radius 3 is 2.13 bits per heavy atom. The number of hydrogen-bond acceptors (Lipinski definition) is 4. The van der Waals surface area contributed by atoms with Gasteiger partial charge in [-0.2, -0.15) is 0 Å². The number of hydrogen-bond donors (Lipinski definition) is 1. The van der Waals surface area contributed by atoms with Crippen molar-refractivity contribution in [3.05, 3.63) is 35.4 Å². The van der Waals surface area contributed by atoms with Crippen molar-refractivity contribution in [1.82, 2.24) is 15.1 Å². The molecule has 0 atom stereocenters. The highest BCUT2D eigenvalue weighted by molar-refractivity contribution is 6.01. The molecule has 2 aliphatic heterocycles. The van der Waals surface area contributed by atoms with Gasteiger partial charge >= 0.3 is 0 Å². The van der Waals surface area contributed by atoms with Crippen LogP contribution < -0.4 is 5.32 Å². The maximum atomic E-state index is 12.3. The molecule has 2 fully saturated rings. The predicted octanol–water partition coefficient (Wildman–Crippen LogP) is 0.803. The highest BCUT2D eigenvalue weighted by Crippen LogP contribution is 2.16. The standard InChI is InChI=1S/C16H19N3O3.ClH/c20-14-5-6-15(21)19(14)11-12-1-3-13(4-2-12)16(22)18-9-7-17-8-10-18;/h1-4,17H,5-11H2;1H. The van der Waals surface area contributed by atoms with Gasteiger partial charge in [-0.05, 0) is 17.7 Å². The summed E-state index contributed by atoms with van der Waals surface area (Å²) < 4.78 is 0. The average Bonchev–Trinajstić information content (AvgIpc) is 2.88. The number of carbonyl (C=O) groups excluding carboxylic acids is 3. The lowest BCUT2D eigenvalue weighted by Crippen LogP contribution is -2.46. The van der Waals surface area contributed by atoms with Crippen molar-refractivity contribution in [2.75, 3.05) is 26.2 Å². The smallest absolute Gasteiger partial charge is 0.253 e. The zero-order valence-corrected chi connectivity index (χ0v) is 13.6. The van der Waals surface area contributed by atoms with Crippen LogP contribution in [0.25, 0.3) is 0 Å². The molecule has 0 aromatic heterocycles. The second-order valence-corrected chi connectivity index (χ2v) is 5.61. The normalized spacial score (nSPS) is 18.1. The van der Waals surface area contributed by atoms with E-state index in [1.807, 2.05) is 17.0 Å². The number of piperazine rings is 1. The van der Waals surface area contributed by atoms with E-state index in [9.17, 15) is 14.4 Å². The van der Waals surface area contributed by atoms with Crippen LogP contribution in [0, 0.1) is 0 Å². The number of carbonyl (C=O) groups is 3. The first-order valence-corrected chi connectivity index (χ1v) is 7.57. The number of likely N-dealkylation sites (tertiary alicyclic amines) is 1. The van der Waals surface area contributed by atoms with Crippen LogP contribution in [0.2, 0.25) is 0 Å². The molecule has 1 aromatic rings. The molecule has 2 saturated heterocycles. The number of nitrogens with one attached hydrogen (secondary N) is 1. The molecule has 0 aliphatic carbocycles. The lowest BCUT2D eigenvalue weighted by atomic mass is 10.1. The Bertz CT molecular complexity index is 581. The van der Waals surface area contributed by atoms with E-state index >= 15 is 0 Å². The quantitative estimate of drug-likeness (QED) is 0.828. The molecule has 0 saturated carbocycles. The van der Waals surface area contributed by atoms with Gasteiger partial charge in [0.1, 0.15) is 0 Å². The Kier molecular flexibility index (Phi) is 5.74. The maximum absolute atomic E-state index is 12.3. The van der Waals surface area contributed by atoms with E-state index in [2.05, 4.69) is 5.32 Å². The van der Waals surface area contributed by atoms with Gasteiger partial charge in [-0.3, -0.25) is 19.3 Å². The summed E-state index contributed by atoms with van der Waals surface area (Å²) >= 11 is 0. The summed E-state index contributed by atoms with van der Waals surface area (Å²) in [5.74, 6) is -0.210. The molecular weight excluding hydrogens is 318 g/mol. The summed E-state index contributed by atoms with van der Waals surface area (Å²) in [4.78, 5) is 38.7. The minimum atomic E-state index is -0.119. The minimum Gasteiger partial charge on any atom is -0.336 e. The summed E-state index contributed by atoms with van der Waals surface area (Å²) in [7, 11) is 0. The molecule has 0 spiro atoms. The Balaban J connectivity index is 0.00000192. The summed E-state index contributed by atoms with van der Waals surface area (Å²) in [6.45, 7) is 3.38. The third kappa shape index (κ3) is 3.89. The van der Waals surface area contributed by atoms with Gasteiger partial charge < -0.3 is 10.2 Å². The number of amides is 3. The van der Waals surface area contributed by atoms with E-state index in [0.717, 1.165) is 31.7 Å². The van der Waals surface area contributed by atoms with Crippen molar-refractivity contribution in [3.8, 4) is 0 Å². The molecule has 2 aliphatic rings. The summed E-state index contributed by atoms with van der Waals surface area (Å²) in [5.41, 5.74) is 1.50. The molecule has 6 nitrogen and oxygen atoms in total. The summed E-state index contributed by atoms with van der Waals surface area (Å²) in [5, 5.41) is 3.22. The van der Waals surface area contributed by atoms with E-state index < -0.39 is 0 Å². The second kappa shape index (κ2) is 7.57. The summed E-state index contributed by atoms with van der Waals surface area (Å²) in [6, 6.07) is 7.16. The zero-order valence-electron chi connectivity index (χ0n) is 12.8. The van der Waals surface area contributed by atoms with Crippen LogP contribution in [-0.4, -0.2) is 53.7 Å². The van der Waals surface area contributed by atoms with Crippen LogP contribution in [0.3, 0.4) is 0 Å². The lowest BCUT2D eigenvalue weighted by Gasteiger charge is -2.27. The van der Waals surface area contributed by atoms with Crippen LogP contribution >= 0.6 is 12.4 Å². The summed E-state index contributed by atoms with van der Waals surface area (Å²) in [6.07, 6.45) is 0.608. The number of halogens is 1. The van der Waals surface area contributed by atoms with Crippen LogP contribution in [-0.2, 0) is 16.1 Å². The van der Waals surface area contributed by atoms with E-state index in [1.54, 1.807) is 12.1 Å². The number of imide groups is 1. The van der Waals surface area contributed by atoms with Gasteiger partial charge in [0.05, 0.1) is 6.54 Å². The van der Waals surface area contributed by atoms with Crippen molar-refractivity contribution in [3.63, 3.8) is 0 Å². The monoisotopic (exact) mass is 337 g/mol. The fraction of sp³-hybridized carbons (Fsp3) is 0.438. The molecule has 2 heterocycles. The first-order valence-electron chi connectivity index (χ1n) is 7.57. The molecule has 23 heavy (non-hydrogen) atoms. The number of rotatable bonds is 3. The van der Waals surface area contributed by atoms with Crippen molar-refractivity contribution in [1.29, 1.82) is 0 Å². The first-order chi connectivity index (χ1) is 10.6. The maximum Gasteiger partial charge on any atom is 0.253 e. The van der Waals surface area contributed by atoms with Crippen LogP contribution in [0.1, 0.15) is 28.8 Å². The van der Waals surface area contributed by atoms with Gasteiger partial charge in [0.15, 0.2) is 0 Å².